The maximum atomic E-state index is 5.88. The number of rotatable bonds is 8. The Kier molecular flexibility index (Phi) is 8.33. The summed E-state index contributed by atoms with van der Waals surface area (Å²) < 4.78 is 5.88. The van der Waals surface area contributed by atoms with Crippen LogP contribution in [0.5, 0.6) is 5.88 Å². The molecule has 0 aromatic carbocycles. The standard InChI is InChI=1S/C17H30N4O/c1-6-8-20-17(18-5)21-12-15-7-9-19-16(11-15)22-14(4)10-13(2)3/h7,9,11,13-14H,6,8,10,12H2,1-5H3,(H2,18,20,21). The number of ether oxygens (including phenoxy) is 1. The van der Waals surface area contributed by atoms with Crippen molar-refractivity contribution in [2.45, 2.75) is 53.2 Å². The average molecular weight is 306 g/mol. The number of aromatic nitrogens is 1. The minimum absolute atomic E-state index is 0.176. The highest BCUT2D eigenvalue weighted by Gasteiger charge is 2.08. The molecule has 5 heteroatoms. The van der Waals surface area contributed by atoms with Gasteiger partial charge in [0.15, 0.2) is 5.96 Å². The van der Waals surface area contributed by atoms with Crippen LogP contribution in [0.1, 0.15) is 46.1 Å². The highest BCUT2D eigenvalue weighted by molar-refractivity contribution is 5.79. The van der Waals surface area contributed by atoms with Crippen LogP contribution in [0.2, 0.25) is 0 Å². The molecule has 1 unspecified atom stereocenters. The molecule has 1 heterocycles. The molecule has 1 aromatic heterocycles. The van der Waals surface area contributed by atoms with Gasteiger partial charge in [-0.25, -0.2) is 4.98 Å². The highest BCUT2D eigenvalue weighted by Crippen LogP contribution is 2.14. The van der Waals surface area contributed by atoms with Gasteiger partial charge in [-0.3, -0.25) is 4.99 Å². The fourth-order valence-electron chi connectivity index (χ4n) is 2.19. The van der Waals surface area contributed by atoms with Crippen molar-refractivity contribution < 1.29 is 4.74 Å². The van der Waals surface area contributed by atoms with Crippen LogP contribution in [0.4, 0.5) is 0 Å². The molecule has 0 fully saturated rings. The van der Waals surface area contributed by atoms with Crippen LogP contribution in [0, 0.1) is 5.92 Å². The third-order valence-corrected chi connectivity index (χ3v) is 3.15. The summed E-state index contributed by atoms with van der Waals surface area (Å²) in [4.78, 5) is 8.48. The molecule has 124 valence electrons. The van der Waals surface area contributed by atoms with Crippen molar-refractivity contribution in [3.8, 4) is 5.88 Å². The van der Waals surface area contributed by atoms with Crippen LogP contribution in [0.25, 0.3) is 0 Å². The Morgan fingerprint density at radius 3 is 2.73 bits per heavy atom. The fraction of sp³-hybridized carbons (Fsp3) is 0.647. The number of nitrogens with zero attached hydrogens (tertiary/aromatic N) is 2. The van der Waals surface area contributed by atoms with Crippen molar-refractivity contribution in [2.75, 3.05) is 13.6 Å². The second-order valence-corrected chi connectivity index (χ2v) is 5.91. The number of aliphatic imine (C=N–C) groups is 1. The van der Waals surface area contributed by atoms with Gasteiger partial charge in [0.2, 0.25) is 5.88 Å². The Morgan fingerprint density at radius 1 is 1.32 bits per heavy atom. The first-order valence-electron chi connectivity index (χ1n) is 8.11. The molecular formula is C17H30N4O. The van der Waals surface area contributed by atoms with Gasteiger partial charge in [0.05, 0.1) is 6.10 Å². The molecule has 0 amide bonds. The largest absolute Gasteiger partial charge is 0.475 e. The predicted molar refractivity (Wildman–Crippen MR) is 92.3 cm³/mol. The third-order valence-electron chi connectivity index (χ3n) is 3.15. The molecule has 0 aliphatic heterocycles. The lowest BCUT2D eigenvalue weighted by Crippen LogP contribution is -2.37. The topological polar surface area (TPSA) is 58.5 Å². The molecule has 0 bridgehead atoms. The van der Waals surface area contributed by atoms with Crippen molar-refractivity contribution in [1.29, 1.82) is 0 Å². The number of nitrogens with one attached hydrogen (secondary N) is 2. The van der Waals surface area contributed by atoms with E-state index in [-0.39, 0.29) is 6.10 Å². The van der Waals surface area contributed by atoms with Gasteiger partial charge in [0, 0.05) is 32.4 Å². The van der Waals surface area contributed by atoms with Crippen molar-refractivity contribution in [2.24, 2.45) is 10.9 Å². The zero-order valence-corrected chi connectivity index (χ0v) is 14.5. The van der Waals surface area contributed by atoms with Gasteiger partial charge in [0.25, 0.3) is 0 Å². The number of hydrogen-bond donors (Lipinski definition) is 2. The summed E-state index contributed by atoms with van der Waals surface area (Å²) in [6, 6.07) is 3.97. The monoisotopic (exact) mass is 306 g/mol. The first kappa shape index (κ1) is 18.3. The third kappa shape index (κ3) is 7.29. The maximum Gasteiger partial charge on any atom is 0.213 e. The first-order valence-corrected chi connectivity index (χ1v) is 8.11. The van der Waals surface area contributed by atoms with Crippen LogP contribution in [0.3, 0.4) is 0 Å². The lowest BCUT2D eigenvalue weighted by atomic mass is 10.1. The molecular weight excluding hydrogens is 276 g/mol. The summed E-state index contributed by atoms with van der Waals surface area (Å²) in [7, 11) is 1.78. The maximum absolute atomic E-state index is 5.88. The van der Waals surface area contributed by atoms with Gasteiger partial charge >= 0.3 is 0 Å². The molecule has 1 rings (SSSR count). The van der Waals surface area contributed by atoms with Gasteiger partial charge in [-0.2, -0.15) is 0 Å². The Labute approximate surface area is 134 Å². The van der Waals surface area contributed by atoms with E-state index in [2.05, 4.69) is 48.3 Å². The van der Waals surface area contributed by atoms with Crippen LogP contribution in [-0.2, 0) is 6.54 Å². The number of hydrogen-bond acceptors (Lipinski definition) is 3. The normalized spacial score (nSPS) is 13.1. The SMILES string of the molecule is CCCNC(=NC)NCc1ccnc(OC(C)CC(C)C)c1. The lowest BCUT2D eigenvalue weighted by Gasteiger charge is -2.16. The molecule has 0 aliphatic rings. The minimum atomic E-state index is 0.176. The van der Waals surface area contributed by atoms with E-state index >= 15 is 0 Å². The molecule has 1 atom stereocenters. The van der Waals surface area contributed by atoms with E-state index in [1.54, 1.807) is 13.2 Å². The summed E-state index contributed by atoms with van der Waals surface area (Å²) in [5.74, 6) is 2.12. The molecule has 0 aliphatic carbocycles. The summed E-state index contributed by atoms with van der Waals surface area (Å²) in [5, 5.41) is 6.54. The van der Waals surface area contributed by atoms with Crippen molar-refractivity contribution in [3.63, 3.8) is 0 Å². The summed E-state index contributed by atoms with van der Waals surface area (Å²) in [6.07, 6.45) is 4.06. The quantitative estimate of drug-likeness (QED) is 0.572. The molecule has 22 heavy (non-hydrogen) atoms. The van der Waals surface area contributed by atoms with Gasteiger partial charge in [-0.1, -0.05) is 20.8 Å². The molecule has 0 radical (unpaired) electrons. The van der Waals surface area contributed by atoms with Gasteiger partial charge in [-0.15, -0.1) is 0 Å². The van der Waals surface area contributed by atoms with Crippen molar-refractivity contribution in [3.05, 3.63) is 23.9 Å². The number of guanidine groups is 1. The molecule has 0 saturated heterocycles. The molecule has 0 saturated carbocycles. The minimum Gasteiger partial charge on any atom is -0.475 e. The van der Waals surface area contributed by atoms with Crippen LogP contribution in [-0.4, -0.2) is 30.6 Å². The first-order chi connectivity index (χ1) is 10.5. The predicted octanol–water partition coefficient (Wildman–Crippen LogP) is 2.97. The zero-order chi connectivity index (χ0) is 16.4. The van der Waals surface area contributed by atoms with Crippen LogP contribution >= 0.6 is 0 Å². The Hall–Kier alpha value is -1.78. The van der Waals surface area contributed by atoms with E-state index in [1.807, 2.05) is 12.1 Å². The van der Waals surface area contributed by atoms with Crippen molar-refractivity contribution >= 4 is 5.96 Å². The summed E-state index contributed by atoms with van der Waals surface area (Å²) in [5.41, 5.74) is 1.13. The van der Waals surface area contributed by atoms with E-state index < -0.39 is 0 Å². The summed E-state index contributed by atoms with van der Waals surface area (Å²) in [6.45, 7) is 10.2. The second kappa shape index (κ2) is 10.0. The fourth-order valence-corrected chi connectivity index (χ4v) is 2.19. The second-order valence-electron chi connectivity index (χ2n) is 5.91. The number of pyridine rings is 1. The Bertz CT molecular complexity index is 460. The van der Waals surface area contributed by atoms with E-state index in [9.17, 15) is 0 Å². The van der Waals surface area contributed by atoms with E-state index in [0.29, 0.717) is 18.3 Å². The molecule has 2 N–H and O–H groups in total. The van der Waals surface area contributed by atoms with Crippen LogP contribution < -0.4 is 15.4 Å². The zero-order valence-electron chi connectivity index (χ0n) is 14.5. The highest BCUT2D eigenvalue weighted by atomic mass is 16.5. The van der Waals surface area contributed by atoms with Gasteiger partial charge in [-0.05, 0) is 37.3 Å². The summed E-state index contributed by atoms with van der Waals surface area (Å²) >= 11 is 0. The lowest BCUT2D eigenvalue weighted by molar-refractivity contribution is 0.185. The van der Waals surface area contributed by atoms with Crippen molar-refractivity contribution in [1.82, 2.24) is 15.6 Å². The van der Waals surface area contributed by atoms with E-state index in [1.165, 1.54) is 0 Å². The van der Waals surface area contributed by atoms with E-state index in [4.69, 9.17) is 4.74 Å². The smallest absolute Gasteiger partial charge is 0.213 e. The molecule has 5 nitrogen and oxygen atoms in total. The van der Waals surface area contributed by atoms with E-state index in [0.717, 1.165) is 30.9 Å². The Balaban J connectivity index is 2.53. The molecule has 0 spiro atoms. The Morgan fingerprint density at radius 2 is 2.09 bits per heavy atom. The van der Waals surface area contributed by atoms with Gasteiger partial charge in [0.1, 0.15) is 0 Å². The molecule has 1 aromatic rings. The van der Waals surface area contributed by atoms with Gasteiger partial charge < -0.3 is 15.4 Å². The van der Waals surface area contributed by atoms with Crippen LogP contribution in [0.15, 0.2) is 23.3 Å². The average Bonchev–Trinajstić information content (AvgIpc) is 2.47.